The van der Waals surface area contributed by atoms with Gasteiger partial charge in [-0.25, -0.2) is 4.99 Å². The SMILES string of the molecule is CCC(C)c1ccc(NC(N)=NCc2ccc(C(=O)N3CC(C)OC(C)C3)cc2)cc1.I. The van der Waals surface area contributed by atoms with Crippen LogP contribution in [0, 0.1) is 0 Å². The van der Waals surface area contributed by atoms with Crippen LogP contribution >= 0.6 is 24.0 Å². The molecule has 1 saturated heterocycles. The number of anilines is 1. The minimum atomic E-state index is 0. The second-order valence-corrected chi connectivity index (χ2v) is 8.42. The summed E-state index contributed by atoms with van der Waals surface area (Å²) in [6.45, 7) is 10.1. The van der Waals surface area contributed by atoms with Gasteiger partial charge in [-0.3, -0.25) is 4.79 Å². The molecule has 6 nitrogen and oxygen atoms in total. The van der Waals surface area contributed by atoms with E-state index >= 15 is 0 Å². The van der Waals surface area contributed by atoms with E-state index in [9.17, 15) is 4.79 Å². The molecule has 174 valence electrons. The van der Waals surface area contributed by atoms with Crippen LogP contribution in [0.5, 0.6) is 0 Å². The number of halogens is 1. The van der Waals surface area contributed by atoms with E-state index < -0.39 is 0 Å². The smallest absolute Gasteiger partial charge is 0.254 e. The van der Waals surface area contributed by atoms with Crippen LogP contribution in [0.3, 0.4) is 0 Å². The zero-order valence-corrected chi connectivity index (χ0v) is 21.7. The Morgan fingerprint density at radius 1 is 1.12 bits per heavy atom. The van der Waals surface area contributed by atoms with Gasteiger partial charge in [0.15, 0.2) is 5.96 Å². The van der Waals surface area contributed by atoms with Crippen molar-refractivity contribution in [2.24, 2.45) is 10.7 Å². The van der Waals surface area contributed by atoms with Crippen LogP contribution in [-0.4, -0.2) is 42.1 Å². The van der Waals surface area contributed by atoms with Gasteiger partial charge < -0.3 is 20.7 Å². The maximum atomic E-state index is 12.8. The van der Waals surface area contributed by atoms with E-state index in [0.717, 1.165) is 17.7 Å². The maximum absolute atomic E-state index is 12.8. The van der Waals surface area contributed by atoms with E-state index in [0.29, 0.717) is 37.1 Å². The van der Waals surface area contributed by atoms with Gasteiger partial charge in [0.25, 0.3) is 5.91 Å². The molecule has 32 heavy (non-hydrogen) atoms. The molecular weight excluding hydrogens is 515 g/mol. The first-order valence-electron chi connectivity index (χ1n) is 11.1. The molecule has 0 radical (unpaired) electrons. The van der Waals surface area contributed by atoms with Crippen molar-refractivity contribution in [3.63, 3.8) is 0 Å². The van der Waals surface area contributed by atoms with Crippen LogP contribution in [0.2, 0.25) is 0 Å². The van der Waals surface area contributed by atoms with Gasteiger partial charge in [0.2, 0.25) is 0 Å². The van der Waals surface area contributed by atoms with Crippen molar-refractivity contribution >= 4 is 41.5 Å². The Kier molecular flexibility index (Phi) is 9.96. The summed E-state index contributed by atoms with van der Waals surface area (Å²) >= 11 is 0. The minimum absolute atomic E-state index is 0. The van der Waals surface area contributed by atoms with Crippen LogP contribution in [0.1, 0.15) is 61.5 Å². The van der Waals surface area contributed by atoms with Gasteiger partial charge in [-0.1, -0.05) is 38.1 Å². The zero-order chi connectivity index (χ0) is 22.4. The zero-order valence-electron chi connectivity index (χ0n) is 19.4. The lowest BCUT2D eigenvalue weighted by Gasteiger charge is -2.35. The number of benzene rings is 2. The van der Waals surface area contributed by atoms with E-state index in [2.05, 4.69) is 36.3 Å². The van der Waals surface area contributed by atoms with Crippen molar-refractivity contribution in [3.05, 3.63) is 65.2 Å². The average Bonchev–Trinajstić information content (AvgIpc) is 2.77. The number of carbonyl (C=O) groups is 1. The fourth-order valence-electron chi connectivity index (χ4n) is 3.77. The Labute approximate surface area is 208 Å². The van der Waals surface area contributed by atoms with Crippen LogP contribution in [0.4, 0.5) is 5.69 Å². The molecule has 0 bridgehead atoms. The molecule has 1 fully saturated rings. The summed E-state index contributed by atoms with van der Waals surface area (Å²) in [6, 6.07) is 15.9. The van der Waals surface area contributed by atoms with E-state index in [1.807, 2.05) is 55.1 Å². The first-order valence-corrected chi connectivity index (χ1v) is 11.1. The standard InChI is InChI=1S/C25H34N4O2.HI/c1-5-17(2)21-10-12-23(13-11-21)28-25(26)27-14-20-6-8-22(9-7-20)24(30)29-15-18(3)31-19(4)16-29;/h6-13,17-19H,5,14-16H2,1-4H3,(H3,26,27,28);1H. The summed E-state index contributed by atoms with van der Waals surface area (Å²) in [7, 11) is 0. The lowest BCUT2D eigenvalue weighted by molar-refractivity contribution is -0.0586. The Morgan fingerprint density at radius 3 is 2.28 bits per heavy atom. The number of morpholine rings is 1. The number of ether oxygens (including phenoxy) is 1. The molecule has 0 saturated carbocycles. The lowest BCUT2D eigenvalue weighted by atomic mass is 9.99. The molecular formula is C25H35IN4O2. The number of hydrogen-bond donors (Lipinski definition) is 2. The summed E-state index contributed by atoms with van der Waals surface area (Å²) < 4.78 is 5.71. The number of aliphatic imine (C=N–C) groups is 1. The van der Waals surface area contributed by atoms with E-state index in [4.69, 9.17) is 10.5 Å². The number of nitrogens with two attached hydrogens (primary N) is 1. The number of hydrogen-bond acceptors (Lipinski definition) is 3. The third-order valence-electron chi connectivity index (χ3n) is 5.70. The molecule has 2 aromatic rings. The molecule has 3 rings (SSSR count). The molecule has 1 heterocycles. The van der Waals surface area contributed by atoms with Crippen LogP contribution in [-0.2, 0) is 11.3 Å². The van der Waals surface area contributed by atoms with Crippen molar-refractivity contribution in [1.82, 2.24) is 4.90 Å². The molecule has 0 aliphatic carbocycles. The summed E-state index contributed by atoms with van der Waals surface area (Å²) in [5.74, 6) is 0.955. The average molecular weight is 550 g/mol. The van der Waals surface area contributed by atoms with Crippen molar-refractivity contribution in [1.29, 1.82) is 0 Å². The highest BCUT2D eigenvalue weighted by Gasteiger charge is 2.26. The largest absolute Gasteiger partial charge is 0.372 e. The second-order valence-electron chi connectivity index (χ2n) is 8.42. The van der Waals surface area contributed by atoms with Gasteiger partial charge >= 0.3 is 0 Å². The molecule has 1 aliphatic rings. The van der Waals surface area contributed by atoms with Gasteiger partial charge in [-0.05, 0) is 61.6 Å². The predicted octanol–water partition coefficient (Wildman–Crippen LogP) is 4.99. The van der Waals surface area contributed by atoms with Crippen molar-refractivity contribution in [2.45, 2.75) is 58.8 Å². The number of nitrogens with zero attached hydrogens (tertiary/aromatic N) is 2. The van der Waals surface area contributed by atoms with Gasteiger partial charge in [0, 0.05) is 24.3 Å². The molecule has 1 aliphatic heterocycles. The number of nitrogens with one attached hydrogen (secondary N) is 1. The second kappa shape index (κ2) is 12.2. The van der Waals surface area contributed by atoms with Gasteiger partial charge in [0.1, 0.15) is 0 Å². The van der Waals surface area contributed by atoms with Crippen molar-refractivity contribution in [3.8, 4) is 0 Å². The van der Waals surface area contributed by atoms with Gasteiger partial charge in [-0.15, -0.1) is 24.0 Å². The Hall–Kier alpha value is -2.13. The third-order valence-corrected chi connectivity index (χ3v) is 5.70. The Balaban J connectivity index is 0.00000363. The van der Waals surface area contributed by atoms with Gasteiger partial charge in [-0.2, -0.15) is 0 Å². The monoisotopic (exact) mass is 550 g/mol. The highest BCUT2D eigenvalue weighted by Crippen LogP contribution is 2.20. The topological polar surface area (TPSA) is 79.9 Å². The molecule has 1 amide bonds. The Bertz CT molecular complexity index is 889. The summed E-state index contributed by atoms with van der Waals surface area (Å²) in [4.78, 5) is 19.1. The summed E-state index contributed by atoms with van der Waals surface area (Å²) in [6.07, 6.45) is 1.23. The van der Waals surface area contributed by atoms with E-state index in [1.54, 1.807) is 0 Å². The molecule has 3 N–H and O–H groups in total. The first-order chi connectivity index (χ1) is 14.9. The fraction of sp³-hybridized carbons (Fsp3) is 0.440. The maximum Gasteiger partial charge on any atom is 0.254 e. The van der Waals surface area contributed by atoms with Crippen LogP contribution in [0.25, 0.3) is 0 Å². The molecule has 0 spiro atoms. The van der Waals surface area contributed by atoms with Gasteiger partial charge in [0.05, 0.1) is 18.8 Å². The number of rotatable bonds is 6. The highest BCUT2D eigenvalue weighted by molar-refractivity contribution is 14.0. The minimum Gasteiger partial charge on any atom is -0.372 e. The molecule has 7 heteroatoms. The lowest BCUT2D eigenvalue weighted by Crippen LogP contribution is -2.48. The number of guanidine groups is 1. The third kappa shape index (κ3) is 7.20. The number of amides is 1. The Morgan fingerprint density at radius 2 is 1.72 bits per heavy atom. The molecule has 2 aromatic carbocycles. The summed E-state index contributed by atoms with van der Waals surface area (Å²) in [5.41, 5.74) is 9.96. The molecule has 0 aromatic heterocycles. The van der Waals surface area contributed by atoms with E-state index in [1.165, 1.54) is 5.56 Å². The predicted molar refractivity (Wildman–Crippen MR) is 142 cm³/mol. The van der Waals surface area contributed by atoms with Crippen LogP contribution < -0.4 is 11.1 Å². The summed E-state index contributed by atoms with van der Waals surface area (Å²) in [5, 5.41) is 3.13. The fourth-order valence-corrected chi connectivity index (χ4v) is 3.77. The van der Waals surface area contributed by atoms with Crippen LogP contribution in [0.15, 0.2) is 53.5 Å². The highest BCUT2D eigenvalue weighted by atomic mass is 127. The first kappa shape index (κ1) is 26.1. The van der Waals surface area contributed by atoms with Crippen molar-refractivity contribution in [2.75, 3.05) is 18.4 Å². The number of carbonyl (C=O) groups excluding carboxylic acids is 1. The quantitative estimate of drug-likeness (QED) is 0.302. The normalized spacial score (nSPS) is 19.8. The molecule has 3 unspecified atom stereocenters. The van der Waals surface area contributed by atoms with E-state index in [-0.39, 0.29) is 42.1 Å². The molecule has 3 atom stereocenters. The van der Waals surface area contributed by atoms with Crippen molar-refractivity contribution < 1.29 is 9.53 Å².